The molecule has 1 fully saturated rings. The molecule has 3 unspecified atom stereocenters. The Morgan fingerprint density at radius 3 is 2.05 bits per heavy atom. The summed E-state index contributed by atoms with van der Waals surface area (Å²) in [6.07, 6.45) is -0.755. The number of hydrogen-bond donors (Lipinski definition) is 0. The normalized spacial score (nSPS) is 19.0. The monoisotopic (exact) mass is 534 g/mol. The molecule has 1 amide bonds. The molecule has 2 heterocycles. The van der Waals surface area contributed by atoms with E-state index in [2.05, 4.69) is 4.99 Å². The van der Waals surface area contributed by atoms with Gasteiger partial charge in [0.2, 0.25) is 0 Å². The molecule has 7 nitrogen and oxygen atoms in total. The van der Waals surface area contributed by atoms with E-state index in [9.17, 15) is 14.4 Å². The first-order chi connectivity index (χ1) is 18.1. The van der Waals surface area contributed by atoms with Gasteiger partial charge < -0.3 is 14.4 Å². The van der Waals surface area contributed by atoms with Crippen LogP contribution in [0, 0.1) is 0 Å². The van der Waals surface area contributed by atoms with Gasteiger partial charge in [-0.05, 0) is 23.3 Å². The van der Waals surface area contributed by atoms with E-state index in [1.165, 1.54) is 16.7 Å². The van der Waals surface area contributed by atoms with Crippen LogP contribution in [0.15, 0.2) is 96.0 Å². The highest BCUT2D eigenvalue weighted by Gasteiger charge is 2.58. The Kier molecular flexibility index (Phi) is 7.58. The van der Waals surface area contributed by atoms with E-state index in [1.807, 2.05) is 91.0 Å². The molecule has 2 aliphatic rings. The highest BCUT2D eigenvalue weighted by Crippen LogP contribution is 2.41. The van der Waals surface area contributed by atoms with Crippen LogP contribution in [-0.2, 0) is 19.1 Å². The number of rotatable bonds is 10. The lowest BCUT2D eigenvalue weighted by molar-refractivity contribution is -0.168. The lowest BCUT2D eigenvalue weighted by Crippen LogP contribution is -2.68. The minimum Gasteiger partial charge on any atom is -0.487 e. The zero-order valence-electron chi connectivity index (χ0n) is 19.6. The zero-order chi connectivity index (χ0) is 25.8. The van der Waals surface area contributed by atoms with Gasteiger partial charge in [0.1, 0.15) is 22.8 Å². The van der Waals surface area contributed by atoms with Crippen molar-refractivity contribution in [2.75, 3.05) is 12.5 Å². The van der Waals surface area contributed by atoms with E-state index in [0.717, 1.165) is 11.1 Å². The van der Waals surface area contributed by atoms with Gasteiger partial charge in [-0.15, -0.1) is 11.6 Å². The van der Waals surface area contributed by atoms with Gasteiger partial charge in [0.25, 0.3) is 5.91 Å². The molecule has 2 aliphatic heterocycles. The van der Waals surface area contributed by atoms with E-state index in [0.29, 0.717) is 10.8 Å². The van der Waals surface area contributed by atoms with Crippen LogP contribution in [0.4, 0.5) is 0 Å². The van der Waals surface area contributed by atoms with Gasteiger partial charge in [0, 0.05) is 0 Å². The number of thioether (sulfide) groups is 1. The summed E-state index contributed by atoms with van der Waals surface area (Å²) in [5, 5.41) is 0.116. The third-order valence-electron chi connectivity index (χ3n) is 6.07. The molecular weight excluding hydrogens is 512 g/mol. The topological polar surface area (TPSA) is 85.3 Å². The molecule has 188 valence electrons. The number of alkyl halides is 1. The second-order valence-corrected chi connectivity index (χ2v) is 9.92. The molecule has 9 heteroatoms. The number of likely N-dealkylation sites (tertiary alicyclic amines) is 1. The standard InChI is InChI=1S/C28H23ClN2O5S/c29-16-21(32)24(28(34)36-25(18-10-4-1-5-11-18)19-12-6-2-7-13-19)31-26(33)23-27(31)37-22(30-23)17-35-20-14-8-3-9-15-20/h1-15,23-25,27H,16-17H2. The van der Waals surface area contributed by atoms with Gasteiger partial charge in [-0.3, -0.25) is 14.6 Å². The quantitative estimate of drug-likeness (QED) is 0.167. The van der Waals surface area contributed by atoms with Crippen molar-refractivity contribution < 1.29 is 23.9 Å². The Bertz CT molecular complexity index is 1270. The molecule has 0 spiro atoms. The highest BCUT2D eigenvalue weighted by atomic mass is 35.5. The molecule has 1 saturated heterocycles. The van der Waals surface area contributed by atoms with Crippen molar-refractivity contribution in [1.29, 1.82) is 0 Å². The van der Waals surface area contributed by atoms with Crippen molar-refractivity contribution in [2.24, 2.45) is 4.99 Å². The SMILES string of the molecule is O=C(CCl)C(C(=O)OC(c1ccccc1)c1ccccc1)N1C(=O)C2N=C(COc3ccccc3)SC21. The first-order valence-electron chi connectivity index (χ1n) is 11.7. The first kappa shape index (κ1) is 25.0. The van der Waals surface area contributed by atoms with Gasteiger partial charge in [0.05, 0.1) is 5.88 Å². The number of ether oxygens (including phenoxy) is 2. The Hall–Kier alpha value is -3.62. The molecule has 0 saturated carbocycles. The molecule has 0 aromatic heterocycles. The minimum atomic E-state index is -1.46. The van der Waals surface area contributed by atoms with Gasteiger partial charge in [0.15, 0.2) is 24.0 Å². The average molecular weight is 535 g/mol. The summed E-state index contributed by atoms with van der Waals surface area (Å²) < 4.78 is 11.7. The molecule has 3 aromatic rings. The number of benzene rings is 3. The smallest absolute Gasteiger partial charge is 0.337 e. The molecule has 0 bridgehead atoms. The second-order valence-electron chi connectivity index (χ2n) is 8.46. The number of aliphatic imine (C=N–C) groups is 1. The number of halogens is 1. The van der Waals surface area contributed by atoms with Crippen LogP contribution in [0.1, 0.15) is 17.2 Å². The Morgan fingerprint density at radius 2 is 1.49 bits per heavy atom. The van der Waals surface area contributed by atoms with Crippen molar-refractivity contribution in [2.45, 2.75) is 23.6 Å². The van der Waals surface area contributed by atoms with Crippen LogP contribution in [0.3, 0.4) is 0 Å². The maximum atomic E-state index is 13.5. The summed E-state index contributed by atoms with van der Waals surface area (Å²) >= 11 is 7.18. The van der Waals surface area contributed by atoms with Gasteiger partial charge >= 0.3 is 5.97 Å². The molecule has 3 atom stereocenters. The maximum absolute atomic E-state index is 13.5. The molecule has 3 aromatic carbocycles. The molecule has 0 radical (unpaired) electrons. The number of esters is 1. The van der Waals surface area contributed by atoms with Crippen LogP contribution in [-0.4, -0.2) is 57.5 Å². The van der Waals surface area contributed by atoms with E-state index in [1.54, 1.807) is 0 Å². The number of nitrogens with zero attached hydrogens (tertiary/aromatic N) is 2. The van der Waals surface area contributed by atoms with E-state index in [-0.39, 0.29) is 6.61 Å². The molecule has 37 heavy (non-hydrogen) atoms. The predicted octanol–water partition coefficient (Wildman–Crippen LogP) is 4.26. The van der Waals surface area contributed by atoms with Crippen molar-refractivity contribution in [3.8, 4) is 5.75 Å². The first-order valence-corrected chi connectivity index (χ1v) is 13.1. The second kappa shape index (κ2) is 11.2. The van der Waals surface area contributed by atoms with Crippen molar-refractivity contribution in [3.05, 3.63) is 102 Å². The number of para-hydroxylation sites is 1. The summed E-state index contributed by atoms with van der Waals surface area (Å²) in [6, 6.07) is 25.6. The van der Waals surface area contributed by atoms with Crippen molar-refractivity contribution in [3.63, 3.8) is 0 Å². The largest absolute Gasteiger partial charge is 0.487 e. The number of amides is 1. The van der Waals surface area contributed by atoms with Crippen molar-refractivity contribution >= 4 is 46.1 Å². The third-order valence-corrected chi connectivity index (χ3v) is 7.56. The highest BCUT2D eigenvalue weighted by molar-refractivity contribution is 8.15. The Balaban J connectivity index is 1.33. The lowest BCUT2D eigenvalue weighted by atomic mass is 10.00. The summed E-state index contributed by atoms with van der Waals surface area (Å²) in [4.78, 5) is 45.1. The lowest BCUT2D eigenvalue weighted by Gasteiger charge is -2.44. The van der Waals surface area contributed by atoms with E-state index >= 15 is 0 Å². The summed E-state index contributed by atoms with van der Waals surface area (Å²) in [5.74, 6) is -1.60. The van der Waals surface area contributed by atoms with Gasteiger partial charge in [-0.2, -0.15) is 0 Å². The number of ketones is 1. The van der Waals surface area contributed by atoms with E-state index in [4.69, 9.17) is 21.1 Å². The van der Waals surface area contributed by atoms with Gasteiger partial charge in [-0.1, -0.05) is 90.6 Å². The fourth-order valence-corrected chi connectivity index (χ4v) is 5.65. The Labute approximate surface area is 223 Å². The number of β-lactam (4-membered cyclic amide) rings is 1. The minimum absolute atomic E-state index is 0.186. The molecule has 5 rings (SSSR count). The molecular formula is C28H23ClN2O5S. The van der Waals surface area contributed by atoms with Gasteiger partial charge in [-0.25, -0.2) is 4.79 Å². The summed E-state index contributed by atoms with van der Waals surface area (Å²) in [5.41, 5.74) is 1.48. The molecule has 0 N–H and O–H groups in total. The number of carbonyl (C=O) groups is 3. The number of Topliss-reactive ketones (excluding diaryl/α,β-unsaturated/α-hetero) is 1. The summed E-state index contributed by atoms with van der Waals surface area (Å²) in [7, 11) is 0. The zero-order valence-corrected chi connectivity index (χ0v) is 21.2. The third kappa shape index (κ3) is 5.26. The fourth-order valence-electron chi connectivity index (χ4n) is 4.28. The average Bonchev–Trinajstić information content (AvgIpc) is 3.33. The van der Waals surface area contributed by atoms with Crippen LogP contribution in [0.5, 0.6) is 5.75 Å². The van der Waals surface area contributed by atoms with E-state index < -0.39 is 47.1 Å². The number of fused-ring (bicyclic) bond motifs is 1. The maximum Gasteiger partial charge on any atom is 0.337 e. The van der Waals surface area contributed by atoms with Crippen LogP contribution < -0.4 is 4.74 Å². The predicted molar refractivity (Wildman–Crippen MR) is 142 cm³/mol. The fraction of sp³-hybridized carbons (Fsp3) is 0.214. The number of hydrogen-bond acceptors (Lipinski definition) is 7. The number of carbonyl (C=O) groups excluding carboxylic acids is 3. The van der Waals surface area contributed by atoms with Crippen molar-refractivity contribution in [1.82, 2.24) is 4.90 Å². The Morgan fingerprint density at radius 1 is 0.919 bits per heavy atom. The molecule has 0 aliphatic carbocycles. The summed E-state index contributed by atoms with van der Waals surface area (Å²) in [6.45, 7) is 0.186. The van der Waals surface area contributed by atoms with Crippen LogP contribution >= 0.6 is 23.4 Å². The van der Waals surface area contributed by atoms with Crippen LogP contribution in [0.25, 0.3) is 0 Å². The van der Waals surface area contributed by atoms with Crippen LogP contribution in [0.2, 0.25) is 0 Å².